The van der Waals surface area contributed by atoms with Crippen LogP contribution in [0.5, 0.6) is 0 Å². The Bertz CT molecular complexity index is 1040. The molecule has 1 fully saturated rings. The van der Waals surface area contributed by atoms with E-state index in [2.05, 4.69) is 18.9 Å². The smallest absolute Gasteiger partial charge is 0.347 e. The lowest BCUT2D eigenvalue weighted by Gasteiger charge is -2.35. The first kappa shape index (κ1) is 16.8. The van der Waals surface area contributed by atoms with Crippen molar-refractivity contribution in [3.8, 4) is 0 Å². The van der Waals surface area contributed by atoms with Crippen LogP contribution in [-0.2, 0) is 11.3 Å². The molecule has 136 valence electrons. The average Bonchev–Trinajstić information content (AvgIpc) is 2.99. The van der Waals surface area contributed by atoms with Crippen molar-refractivity contribution in [1.82, 2.24) is 14.7 Å². The fourth-order valence-corrected chi connectivity index (χ4v) is 4.11. The number of hydrogen-bond acceptors (Lipinski definition) is 4. The Labute approximate surface area is 151 Å². The summed E-state index contributed by atoms with van der Waals surface area (Å²) in [6.45, 7) is 8.05. The highest BCUT2D eigenvalue weighted by Gasteiger charge is 2.26. The first-order valence-electron chi connectivity index (χ1n) is 9.09. The summed E-state index contributed by atoms with van der Waals surface area (Å²) in [7, 11) is 0. The second kappa shape index (κ2) is 6.27. The highest BCUT2D eigenvalue weighted by atomic mass is 16.4. The third-order valence-electron chi connectivity index (χ3n) is 5.16. The number of amides is 1. The first-order chi connectivity index (χ1) is 12.4. The van der Waals surface area contributed by atoms with Crippen molar-refractivity contribution in [2.45, 2.75) is 33.7 Å². The van der Waals surface area contributed by atoms with E-state index in [-0.39, 0.29) is 12.5 Å². The molecule has 1 aliphatic rings. The summed E-state index contributed by atoms with van der Waals surface area (Å²) in [4.78, 5) is 27.0. The van der Waals surface area contributed by atoms with Crippen LogP contribution in [0.15, 0.2) is 33.6 Å². The van der Waals surface area contributed by atoms with Crippen LogP contribution in [0.1, 0.15) is 25.8 Å². The predicted octanol–water partition coefficient (Wildman–Crippen LogP) is 2.96. The van der Waals surface area contributed by atoms with Gasteiger partial charge >= 0.3 is 5.63 Å². The van der Waals surface area contributed by atoms with Gasteiger partial charge in [0, 0.05) is 18.5 Å². The molecule has 2 unspecified atom stereocenters. The van der Waals surface area contributed by atoms with Crippen LogP contribution in [-0.4, -0.2) is 33.7 Å². The van der Waals surface area contributed by atoms with Crippen LogP contribution >= 0.6 is 0 Å². The van der Waals surface area contributed by atoms with Gasteiger partial charge in [0.1, 0.15) is 17.5 Å². The van der Waals surface area contributed by atoms with Crippen molar-refractivity contribution in [3.05, 3.63) is 40.4 Å². The Morgan fingerprint density at radius 1 is 1.23 bits per heavy atom. The van der Waals surface area contributed by atoms with Gasteiger partial charge < -0.3 is 9.32 Å². The Morgan fingerprint density at radius 3 is 2.69 bits per heavy atom. The summed E-state index contributed by atoms with van der Waals surface area (Å²) < 4.78 is 7.03. The molecule has 0 saturated carbocycles. The maximum atomic E-state index is 12.9. The van der Waals surface area contributed by atoms with Gasteiger partial charge in [-0.3, -0.25) is 9.48 Å². The van der Waals surface area contributed by atoms with Gasteiger partial charge in [-0.1, -0.05) is 25.5 Å². The Hall–Kier alpha value is -2.63. The van der Waals surface area contributed by atoms with Crippen molar-refractivity contribution >= 4 is 27.8 Å². The molecule has 3 heterocycles. The van der Waals surface area contributed by atoms with Crippen molar-refractivity contribution in [2.24, 2.45) is 11.8 Å². The average molecular weight is 353 g/mol. The topological polar surface area (TPSA) is 68.3 Å². The lowest BCUT2D eigenvalue weighted by molar-refractivity contribution is -0.134. The van der Waals surface area contributed by atoms with Gasteiger partial charge in [0.2, 0.25) is 5.91 Å². The standard InChI is InChI=1S/C20H23N3O3/c1-12-4-5-17-15(7-12)19-16(20(25)26-17)8-21-23(19)11-18(24)22-9-13(2)6-14(3)10-22/h4-5,7-8,13-14H,6,9-11H2,1-3H3. The van der Waals surface area contributed by atoms with Crippen LogP contribution in [0.2, 0.25) is 0 Å². The Balaban J connectivity index is 1.75. The van der Waals surface area contributed by atoms with Crippen molar-refractivity contribution in [1.29, 1.82) is 0 Å². The second-order valence-corrected chi connectivity index (χ2v) is 7.70. The minimum atomic E-state index is -0.421. The molecule has 0 radical (unpaired) electrons. The monoisotopic (exact) mass is 353 g/mol. The molecule has 0 spiro atoms. The van der Waals surface area contributed by atoms with E-state index in [9.17, 15) is 9.59 Å². The van der Waals surface area contributed by atoms with Gasteiger partial charge in [-0.05, 0) is 37.3 Å². The van der Waals surface area contributed by atoms with E-state index in [0.29, 0.717) is 28.3 Å². The van der Waals surface area contributed by atoms with Crippen LogP contribution in [0.4, 0.5) is 0 Å². The summed E-state index contributed by atoms with van der Waals surface area (Å²) >= 11 is 0. The normalized spacial score (nSPS) is 20.8. The molecule has 1 amide bonds. The molecule has 1 aliphatic heterocycles. The molecule has 2 atom stereocenters. The van der Waals surface area contributed by atoms with Crippen LogP contribution in [0, 0.1) is 18.8 Å². The fourth-order valence-electron chi connectivity index (χ4n) is 4.11. The summed E-state index contributed by atoms with van der Waals surface area (Å²) in [5.74, 6) is 1.06. The summed E-state index contributed by atoms with van der Waals surface area (Å²) in [6, 6.07) is 5.66. The first-order valence-corrected chi connectivity index (χ1v) is 9.09. The van der Waals surface area contributed by atoms with E-state index >= 15 is 0 Å². The number of rotatable bonds is 2. The molecule has 6 heteroatoms. The van der Waals surface area contributed by atoms with Crippen molar-refractivity contribution in [2.75, 3.05) is 13.1 Å². The van der Waals surface area contributed by atoms with E-state index in [1.807, 2.05) is 24.0 Å². The number of aromatic nitrogens is 2. The molecule has 26 heavy (non-hydrogen) atoms. The highest BCUT2D eigenvalue weighted by molar-refractivity contribution is 6.02. The highest BCUT2D eigenvalue weighted by Crippen LogP contribution is 2.25. The van der Waals surface area contributed by atoms with Gasteiger partial charge in [-0.25, -0.2) is 4.79 Å². The third kappa shape index (κ3) is 2.89. The molecule has 4 rings (SSSR count). The predicted molar refractivity (Wildman–Crippen MR) is 100 cm³/mol. The molecule has 0 aliphatic carbocycles. The molecule has 6 nitrogen and oxygen atoms in total. The molecule has 1 aromatic carbocycles. The maximum absolute atomic E-state index is 12.9. The van der Waals surface area contributed by atoms with Crippen LogP contribution in [0.25, 0.3) is 21.9 Å². The zero-order chi connectivity index (χ0) is 18.4. The third-order valence-corrected chi connectivity index (χ3v) is 5.16. The van der Waals surface area contributed by atoms with Gasteiger partial charge in [-0.15, -0.1) is 0 Å². The molecule has 2 aromatic heterocycles. The number of likely N-dealkylation sites (tertiary alicyclic amines) is 1. The van der Waals surface area contributed by atoms with E-state index < -0.39 is 5.63 Å². The van der Waals surface area contributed by atoms with E-state index in [0.717, 1.165) is 30.5 Å². The van der Waals surface area contributed by atoms with Crippen LogP contribution in [0.3, 0.4) is 0 Å². The van der Waals surface area contributed by atoms with Crippen LogP contribution < -0.4 is 5.63 Å². The number of carbonyl (C=O) groups is 1. The number of fused-ring (bicyclic) bond motifs is 3. The largest absolute Gasteiger partial charge is 0.422 e. The lowest BCUT2D eigenvalue weighted by Crippen LogP contribution is -2.44. The zero-order valence-corrected chi connectivity index (χ0v) is 15.4. The minimum absolute atomic E-state index is 0.0439. The van der Waals surface area contributed by atoms with Gasteiger partial charge in [0.05, 0.1) is 11.7 Å². The molecule has 3 aromatic rings. The van der Waals surface area contributed by atoms with Gasteiger partial charge in [0.25, 0.3) is 0 Å². The second-order valence-electron chi connectivity index (χ2n) is 7.70. The Kier molecular flexibility index (Phi) is 4.05. The lowest BCUT2D eigenvalue weighted by atomic mass is 9.92. The maximum Gasteiger partial charge on any atom is 0.347 e. The SMILES string of the molecule is Cc1ccc2oc(=O)c3cnn(CC(=O)N4CC(C)CC(C)C4)c3c2c1. The van der Waals surface area contributed by atoms with Crippen molar-refractivity contribution < 1.29 is 9.21 Å². The number of benzene rings is 1. The molecule has 0 N–H and O–H groups in total. The van der Waals surface area contributed by atoms with E-state index in [1.165, 1.54) is 6.20 Å². The number of hydrogen-bond donors (Lipinski definition) is 0. The minimum Gasteiger partial charge on any atom is -0.422 e. The number of aryl methyl sites for hydroxylation is 1. The fraction of sp³-hybridized carbons (Fsp3) is 0.450. The van der Waals surface area contributed by atoms with Crippen molar-refractivity contribution in [3.63, 3.8) is 0 Å². The quantitative estimate of drug-likeness (QED) is 0.664. The van der Waals surface area contributed by atoms with E-state index in [1.54, 1.807) is 10.7 Å². The molecular formula is C20H23N3O3. The number of nitrogens with zero attached hydrogens (tertiary/aromatic N) is 3. The molecule has 0 bridgehead atoms. The van der Waals surface area contributed by atoms with Gasteiger partial charge in [-0.2, -0.15) is 5.10 Å². The zero-order valence-electron chi connectivity index (χ0n) is 15.4. The number of carbonyl (C=O) groups excluding carboxylic acids is 1. The van der Waals surface area contributed by atoms with Gasteiger partial charge in [0.15, 0.2) is 0 Å². The summed E-state index contributed by atoms with van der Waals surface area (Å²) in [6.07, 6.45) is 2.65. The summed E-state index contributed by atoms with van der Waals surface area (Å²) in [5.41, 5.74) is 1.83. The summed E-state index contributed by atoms with van der Waals surface area (Å²) in [5, 5.41) is 5.54. The number of piperidine rings is 1. The Morgan fingerprint density at radius 2 is 1.96 bits per heavy atom. The van der Waals surface area contributed by atoms with E-state index in [4.69, 9.17) is 4.42 Å². The molecule has 1 saturated heterocycles. The molecular weight excluding hydrogens is 330 g/mol.